The highest BCUT2D eigenvalue weighted by Crippen LogP contribution is 2.16. The molecule has 1 unspecified atom stereocenters. The van der Waals surface area contributed by atoms with E-state index < -0.39 is 0 Å². The molecule has 5 nitrogen and oxygen atoms in total. The minimum atomic E-state index is -0.222. The minimum Gasteiger partial charge on any atom is -0.396 e. The normalized spacial score (nSPS) is 12.1. The van der Waals surface area contributed by atoms with Gasteiger partial charge in [-0.15, -0.1) is 0 Å². The topological polar surface area (TPSA) is 84.1 Å². The lowest BCUT2D eigenvalue weighted by molar-refractivity contribution is 0.276. The van der Waals surface area contributed by atoms with Crippen LogP contribution < -0.4 is 11.1 Å². The third-order valence-electron chi connectivity index (χ3n) is 2.36. The number of hydrogen-bond acceptors (Lipinski definition) is 5. The summed E-state index contributed by atoms with van der Waals surface area (Å²) >= 11 is 0. The summed E-state index contributed by atoms with van der Waals surface area (Å²) in [5, 5.41) is 12.4. The van der Waals surface area contributed by atoms with Crippen LogP contribution in [0.1, 0.15) is 11.6 Å². The molecule has 1 atom stereocenters. The number of aromatic nitrogens is 2. The maximum Gasteiger partial charge on any atom is 0.223 e. The van der Waals surface area contributed by atoms with Gasteiger partial charge in [0.2, 0.25) is 5.95 Å². The van der Waals surface area contributed by atoms with E-state index >= 15 is 0 Å². The van der Waals surface area contributed by atoms with Crippen LogP contribution in [0.15, 0.2) is 42.7 Å². The Labute approximate surface area is 99.3 Å². The molecule has 2 aromatic rings. The molecule has 88 valence electrons. The van der Waals surface area contributed by atoms with Gasteiger partial charge in [0.15, 0.2) is 0 Å². The van der Waals surface area contributed by atoms with E-state index in [0.717, 1.165) is 5.56 Å². The summed E-state index contributed by atoms with van der Waals surface area (Å²) < 4.78 is 0. The molecular formula is C12H14N4O. The number of aliphatic hydroxyl groups is 1. The van der Waals surface area contributed by atoms with E-state index in [0.29, 0.717) is 11.6 Å². The van der Waals surface area contributed by atoms with E-state index in [1.54, 1.807) is 0 Å². The predicted molar refractivity (Wildman–Crippen MR) is 66.3 cm³/mol. The van der Waals surface area contributed by atoms with Crippen LogP contribution in [0.25, 0.3) is 0 Å². The Kier molecular flexibility index (Phi) is 3.52. The van der Waals surface area contributed by atoms with E-state index in [4.69, 9.17) is 5.73 Å². The standard InChI is InChI=1S/C12H14N4O/c13-10-6-14-12(15-7-10)16-11(8-17)9-4-2-1-3-5-9/h1-7,11,17H,8,13H2,(H,14,15,16). The summed E-state index contributed by atoms with van der Waals surface area (Å²) in [5.74, 6) is 0.446. The zero-order valence-electron chi connectivity index (χ0n) is 9.24. The summed E-state index contributed by atoms with van der Waals surface area (Å²) in [6, 6.07) is 9.42. The summed E-state index contributed by atoms with van der Waals surface area (Å²) in [6.45, 7) is -0.0300. The van der Waals surface area contributed by atoms with Crippen molar-refractivity contribution in [1.29, 1.82) is 0 Å². The average Bonchev–Trinajstić information content (AvgIpc) is 2.39. The molecule has 0 aliphatic carbocycles. The highest BCUT2D eigenvalue weighted by molar-refractivity contribution is 5.38. The maximum absolute atomic E-state index is 9.35. The van der Waals surface area contributed by atoms with Crippen molar-refractivity contribution in [3.8, 4) is 0 Å². The summed E-state index contributed by atoms with van der Waals surface area (Å²) in [6.07, 6.45) is 3.05. The van der Waals surface area contributed by atoms with E-state index in [-0.39, 0.29) is 12.6 Å². The molecule has 1 heterocycles. The Morgan fingerprint density at radius 2 is 1.82 bits per heavy atom. The first-order valence-corrected chi connectivity index (χ1v) is 5.29. The molecule has 17 heavy (non-hydrogen) atoms. The third kappa shape index (κ3) is 2.92. The monoisotopic (exact) mass is 230 g/mol. The van der Waals surface area contributed by atoms with Gasteiger partial charge >= 0.3 is 0 Å². The lowest BCUT2D eigenvalue weighted by atomic mass is 10.1. The van der Waals surface area contributed by atoms with Gasteiger partial charge in [-0.2, -0.15) is 0 Å². The van der Waals surface area contributed by atoms with Gasteiger partial charge in [0.05, 0.1) is 30.7 Å². The highest BCUT2D eigenvalue weighted by Gasteiger charge is 2.10. The van der Waals surface area contributed by atoms with E-state index in [1.807, 2.05) is 30.3 Å². The SMILES string of the molecule is Nc1cnc(NC(CO)c2ccccc2)nc1. The molecule has 1 aromatic carbocycles. The zero-order chi connectivity index (χ0) is 12.1. The molecule has 0 aliphatic heterocycles. The number of anilines is 2. The Morgan fingerprint density at radius 1 is 1.18 bits per heavy atom. The fraction of sp³-hybridized carbons (Fsp3) is 0.167. The smallest absolute Gasteiger partial charge is 0.223 e. The highest BCUT2D eigenvalue weighted by atomic mass is 16.3. The number of nitrogens with two attached hydrogens (primary N) is 1. The molecule has 5 heteroatoms. The third-order valence-corrected chi connectivity index (χ3v) is 2.36. The van der Waals surface area contributed by atoms with Crippen molar-refractivity contribution in [3.05, 3.63) is 48.3 Å². The van der Waals surface area contributed by atoms with Gasteiger partial charge in [0, 0.05) is 0 Å². The first kappa shape index (κ1) is 11.3. The molecule has 0 amide bonds. The summed E-state index contributed by atoms with van der Waals surface area (Å²) in [4.78, 5) is 8.07. The van der Waals surface area contributed by atoms with Crippen molar-refractivity contribution in [1.82, 2.24) is 9.97 Å². The quantitative estimate of drug-likeness (QED) is 0.735. The second-order valence-corrected chi connectivity index (χ2v) is 3.63. The van der Waals surface area contributed by atoms with E-state index in [2.05, 4.69) is 15.3 Å². The van der Waals surface area contributed by atoms with Gasteiger partial charge in [0.1, 0.15) is 0 Å². The number of aliphatic hydroxyl groups excluding tert-OH is 1. The van der Waals surface area contributed by atoms with Crippen LogP contribution in [-0.2, 0) is 0 Å². The number of nitrogen functional groups attached to an aromatic ring is 1. The van der Waals surface area contributed by atoms with Crippen molar-refractivity contribution in [2.24, 2.45) is 0 Å². The van der Waals surface area contributed by atoms with E-state index in [1.165, 1.54) is 12.4 Å². The second kappa shape index (κ2) is 5.27. The maximum atomic E-state index is 9.35. The minimum absolute atomic E-state index is 0.0300. The largest absolute Gasteiger partial charge is 0.396 e. The molecule has 0 saturated carbocycles. The summed E-state index contributed by atoms with van der Waals surface area (Å²) in [5.41, 5.74) is 6.99. The van der Waals surface area contributed by atoms with Gasteiger partial charge < -0.3 is 16.2 Å². The van der Waals surface area contributed by atoms with Crippen molar-refractivity contribution < 1.29 is 5.11 Å². The van der Waals surface area contributed by atoms with Crippen LogP contribution in [0, 0.1) is 0 Å². The number of hydrogen-bond donors (Lipinski definition) is 3. The van der Waals surface area contributed by atoms with Crippen LogP contribution in [0.5, 0.6) is 0 Å². The van der Waals surface area contributed by atoms with Gasteiger partial charge in [-0.25, -0.2) is 9.97 Å². The lowest BCUT2D eigenvalue weighted by Gasteiger charge is -2.16. The Balaban J connectivity index is 2.13. The molecule has 0 radical (unpaired) electrons. The molecular weight excluding hydrogens is 216 g/mol. The molecule has 0 spiro atoms. The van der Waals surface area contributed by atoms with Gasteiger partial charge in [0.25, 0.3) is 0 Å². The van der Waals surface area contributed by atoms with Crippen molar-refractivity contribution in [2.45, 2.75) is 6.04 Å². The molecule has 4 N–H and O–H groups in total. The first-order chi connectivity index (χ1) is 8.29. The fourth-order valence-electron chi connectivity index (χ4n) is 1.49. The molecule has 0 saturated heterocycles. The molecule has 0 bridgehead atoms. The Hall–Kier alpha value is -2.14. The number of benzene rings is 1. The van der Waals surface area contributed by atoms with Crippen molar-refractivity contribution in [2.75, 3.05) is 17.7 Å². The number of nitrogens with one attached hydrogen (secondary N) is 1. The molecule has 0 fully saturated rings. The fourth-order valence-corrected chi connectivity index (χ4v) is 1.49. The number of rotatable bonds is 4. The number of nitrogens with zero attached hydrogens (tertiary/aromatic N) is 2. The first-order valence-electron chi connectivity index (χ1n) is 5.29. The van der Waals surface area contributed by atoms with Crippen LogP contribution in [0.3, 0.4) is 0 Å². The van der Waals surface area contributed by atoms with Gasteiger partial charge in [-0.05, 0) is 5.56 Å². The lowest BCUT2D eigenvalue weighted by Crippen LogP contribution is -2.16. The van der Waals surface area contributed by atoms with Gasteiger partial charge in [-0.1, -0.05) is 30.3 Å². The average molecular weight is 230 g/mol. The van der Waals surface area contributed by atoms with Crippen LogP contribution in [-0.4, -0.2) is 21.7 Å². The Morgan fingerprint density at radius 3 is 2.41 bits per heavy atom. The van der Waals surface area contributed by atoms with E-state index in [9.17, 15) is 5.11 Å². The molecule has 1 aromatic heterocycles. The predicted octanol–water partition coefficient (Wildman–Crippen LogP) is 1.20. The molecule has 0 aliphatic rings. The molecule has 2 rings (SSSR count). The Bertz CT molecular complexity index is 458. The second-order valence-electron chi connectivity index (χ2n) is 3.63. The zero-order valence-corrected chi connectivity index (χ0v) is 9.24. The summed E-state index contributed by atoms with van der Waals surface area (Å²) in [7, 11) is 0. The van der Waals surface area contributed by atoms with Crippen LogP contribution >= 0.6 is 0 Å². The van der Waals surface area contributed by atoms with Crippen LogP contribution in [0.4, 0.5) is 11.6 Å². The van der Waals surface area contributed by atoms with Crippen molar-refractivity contribution in [3.63, 3.8) is 0 Å². The van der Waals surface area contributed by atoms with Gasteiger partial charge in [-0.3, -0.25) is 0 Å². The van der Waals surface area contributed by atoms with Crippen molar-refractivity contribution >= 4 is 11.6 Å². The van der Waals surface area contributed by atoms with Crippen LogP contribution in [0.2, 0.25) is 0 Å².